The number of carbonyl (C=O) groups excluding carboxylic acids is 1. The maximum Gasteiger partial charge on any atom is 0.221 e. The predicted molar refractivity (Wildman–Crippen MR) is 63.2 cm³/mol. The summed E-state index contributed by atoms with van der Waals surface area (Å²) in [7, 11) is 1.65. The van der Waals surface area contributed by atoms with Gasteiger partial charge in [-0.1, -0.05) is 12.1 Å². The van der Waals surface area contributed by atoms with Gasteiger partial charge in [0.25, 0.3) is 0 Å². The molecule has 84 valence electrons. The van der Waals surface area contributed by atoms with E-state index in [4.69, 9.17) is 0 Å². The highest BCUT2D eigenvalue weighted by Gasteiger charge is 2.04. The quantitative estimate of drug-likeness (QED) is 0.846. The molecule has 0 atom stereocenters. The van der Waals surface area contributed by atoms with Crippen LogP contribution >= 0.6 is 0 Å². The minimum atomic E-state index is 0.0382. The number of amides is 1. The third kappa shape index (κ3) is 2.05. The van der Waals surface area contributed by atoms with Crippen LogP contribution in [-0.2, 0) is 11.3 Å². The number of fused-ring (bicyclic) bond motifs is 1. The monoisotopic (exact) mass is 217 g/mol. The van der Waals surface area contributed by atoms with Crippen LogP contribution in [0, 0.1) is 6.92 Å². The minimum Gasteiger partial charge on any atom is -0.359 e. The van der Waals surface area contributed by atoms with Gasteiger partial charge in [0.15, 0.2) is 0 Å². The summed E-state index contributed by atoms with van der Waals surface area (Å²) in [5.74, 6) is 0.0382. The molecule has 4 nitrogen and oxygen atoms in total. The summed E-state index contributed by atoms with van der Waals surface area (Å²) in [6.45, 7) is 2.67. The zero-order chi connectivity index (χ0) is 11.5. The third-order valence-corrected chi connectivity index (χ3v) is 2.63. The molecule has 0 saturated heterocycles. The van der Waals surface area contributed by atoms with Gasteiger partial charge >= 0.3 is 0 Å². The molecule has 2 rings (SSSR count). The van der Waals surface area contributed by atoms with Crippen molar-refractivity contribution >= 4 is 16.8 Å². The number of hydrogen-bond donors (Lipinski definition) is 1. The average Bonchev–Trinajstić information content (AvgIpc) is 2.68. The topological polar surface area (TPSA) is 46.9 Å². The molecule has 0 saturated carbocycles. The normalized spacial score (nSPS) is 10.6. The van der Waals surface area contributed by atoms with Gasteiger partial charge in [-0.15, -0.1) is 0 Å². The molecule has 1 heterocycles. The second kappa shape index (κ2) is 4.35. The number of hydrogen-bond acceptors (Lipinski definition) is 2. The molecule has 0 unspecified atom stereocenters. The van der Waals surface area contributed by atoms with Gasteiger partial charge in [-0.2, -0.15) is 5.10 Å². The summed E-state index contributed by atoms with van der Waals surface area (Å²) in [4.78, 5) is 11.2. The third-order valence-electron chi connectivity index (χ3n) is 2.63. The van der Waals surface area contributed by atoms with Crippen LogP contribution in [0.1, 0.15) is 12.0 Å². The van der Waals surface area contributed by atoms with E-state index < -0.39 is 0 Å². The Balaban J connectivity index is 2.24. The molecule has 0 aliphatic rings. The standard InChI is InChI=1S/C12H15N3O/c1-9-3-4-10-8-14-15(11(10)7-9)6-5-12(16)13-2/h3-4,7-8H,5-6H2,1-2H3,(H,13,16). The summed E-state index contributed by atoms with van der Waals surface area (Å²) in [5.41, 5.74) is 2.29. The Bertz CT molecular complexity index is 516. The van der Waals surface area contributed by atoms with Crippen LogP contribution < -0.4 is 5.32 Å². The van der Waals surface area contributed by atoms with Gasteiger partial charge in [0.1, 0.15) is 0 Å². The fourth-order valence-electron chi connectivity index (χ4n) is 1.69. The van der Waals surface area contributed by atoms with Crippen LogP contribution in [0.5, 0.6) is 0 Å². The molecule has 4 heteroatoms. The number of aromatic nitrogens is 2. The molecule has 2 aromatic rings. The van der Waals surface area contributed by atoms with Gasteiger partial charge < -0.3 is 5.32 Å². The first-order chi connectivity index (χ1) is 7.70. The molecule has 16 heavy (non-hydrogen) atoms. The lowest BCUT2D eigenvalue weighted by Crippen LogP contribution is -2.19. The van der Waals surface area contributed by atoms with Crippen molar-refractivity contribution in [1.82, 2.24) is 15.1 Å². The Morgan fingerprint density at radius 3 is 3.06 bits per heavy atom. The smallest absolute Gasteiger partial charge is 0.221 e. The maximum absolute atomic E-state index is 11.2. The Morgan fingerprint density at radius 2 is 2.31 bits per heavy atom. The van der Waals surface area contributed by atoms with Crippen LogP contribution in [0.15, 0.2) is 24.4 Å². The molecule has 1 N–H and O–H groups in total. The van der Waals surface area contributed by atoms with Gasteiger partial charge in [0, 0.05) is 18.9 Å². The Morgan fingerprint density at radius 1 is 1.50 bits per heavy atom. The molecule has 0 spiro atoms. The summed E-state index contributed by atoms with van der Waals surface area (Å²) in [6.07, 6.45) is 2.29. The molecule has 0 bridgehead atoms. The fourth-order valence-corrected chi connectivity index (χ4v) is 1.69. The first-order valence-electron chi connectivity index (χ1n) is 5.33. The predicted octanol–water partition coefficient (Wildman–Crippen LogP) is 1.48. The van der Waals surface area contributed by atoms with Crippen LogP contribution in [-0.4, -0.2) is 22.7 Å². The maximum atomic E-state index is 11.2. The fraction of sp³-hybridized carbons (Fsp3) is 0.333. The zero-order valence-corrected chi connectivity index (χ0v) is 9.53. The number of aryl methyl sites for hydroxylation is 2. The average molecular weight is 217 g/mol. The zero-order valence-electron chi connectivity index (χ0n) is 9.53. The van der Waals surface area contributed by atoms with E-state index in [-0.39, 0.29) is 5.91 Å². The summed E-state index contributed by atoms with van der Waals surface area (Å²) < 4.78 is 1.87. The minimum absolute atomic E-state index is 0.0382. The SMILES string of the molecule is CNC(=O)CCn1ncc2ccc(C)cc21. The van der Waals surface area contributed by atoms with Crippen molar-refractivity contribution in [3.63, 3.8) is 0 Å². The van der Waals surface area contributed by atoms with Crippen molar-refractivity contribution in [2.75, 3.05) is 7.05 Å². The van der Waals surface area contributed by atoms with Crippen molar-refractivity contribution in [3.8, 4) is 0 Å². The number of nitrogens with one attached hydrogen (secondary N) is 1. The lowest BCUT2D eigenvalue weighted by atomic mass is 10.2. The second-order valence-electron chi connectivity index (χ2n) is 3.85. The van der Waals surface area contributed by atoms with E-state index in [1.165, 1.54) is 5.56 Å². The lowest BCUT2D eigenvalue weighted by Gasteiger charge is -2.03. The summed E-state index contributed by atoms with van der Waals surface area (Å²) in [6, 6.07) is 6.20. The number of carbonyl (C=O) groups is 1. The van der Waals surface area contributed by atoms with Gasteiger partial charge in [0.05, 0.1) is 18.3 Å². The van der Waals surface area contributed by atoms with Crippen LogP contribution in [0.25, 0.3) is 10.9 Å². The van der Waals surface area contributed by atoms with E-state index in [1.807, 2.05) is 16.9 Å². The van der Waals surface area contributed by atoms with Crippen LogP contribution in [0.2, 0.25) is 0 Å². The number of rotatable bonds is 3. The van der Waals surface area contributed by atoms with Gasteiger partial charge in [0.2, 0.25) is 5.91 Å². The Labute approximate surface area is 94.3 Å². The van der Waals surface area contributed by atoms with Crippen molar-refractivity contribution in [3.05, 3.63) is 30.0 Å². The van der Waals surface area contributed by atoms with E-state index >= 15 is 0 Å². The largest absolute Gasteiger partial charge is 0.359 e. The molecule has 1 amide bonds. The van der Waals surface area contributed by atoms with Gasteiger partial charge in [-0.25, -0.2) is 0 Å². The number of benzene rings is 1. The summed E-state index contributed by atoms with van der Waals surface area (Å²) in [5, 5.41) is 8.00. The summed E-state index contributed by atoms with van der Waals surface area (Å²) >= 11 is 0. The van der Waals surface area contributed by atoms with Crippen molar-refractivity contribution in [1.29, 1.82) is 0 Å². The van der Waals surface area contributed by atoms with Crippen LogP contribution in [0.4, 0.5) is 0 Å². The molecule has 0 fully saturated rings. The molecule has 1 aromatic carbocycles. The molecule has 1 aromatic heterocycles. The van der Waals surface area contributed by atoms with E-state index in [0.29, 0.717) is 13.0 Å². The highest BCUT2D eigenvalue weighted by atomic mass is 16.1. The van der Waals surface area contributed by atoms with Gasteiger partial charge in [-0.3, -0.25) is 9.48 Å². The first-order valence-corrected chi connectivity index (χ1v) is 5.33. The Hall–Kier alpha value is -1.84. The van der Waals surface area contributed by atoms with Crippen LogP contribution in [0.3, 0.4) is 0 Å². The highest BCUT2D eigenvalue weighted by molar-refractivity contribution is 5.80. The Kier molecular flexibility index (Phi) is 2.90. The molecular weight excluding hydrogens is 202 g/mol. The van der Waals surface area contributed by atoms with E-state index in [1.54, 1.807) is 7.05 Å². The van der Waals surface area contributed by atoms with E-state index in [9.17, 15) is 4.79 Å². The van der Waals surface area contributed by atoms with Crippen molar-refractivity contribution < 1.29 is 4.79 Å². The second-order valence-corrected chi connectivity index (χ2v) is 3.85. The number of nitrogens with zero attached hydrogens (tertiary/aromatic N) is 2. The molecular formula is C12H15N3O. The molecule has 0 aliphatic heterocycles. The van der Waals surface area contributed by atoms with Crippen molar-refractivity contribution in [2.45, 2.75) is 19.9 Å². The van der Waals surface area contributed by atoms with Crippen molar-refractivity contribution in [2.24, 2.45) is 0 Å². The molecule has 0 aliphatic carbocycles. The lowest BCUT2D eigenvalue weighted by molar-refractivity contribution is -0.120. The van der Waals surface area contributed by atoms with Gasteiger partial charge in [-0.05, 0) is 18.6 Å². The first kappa shape index (κ1) is 10.7. The highest BCUT2D eigenvalue weighted by Crippen LogP contribution is 2.15. The van der Waals surface area contributed by atoms with E-state index in [0.717, 1.165) is 10.9 Å². The molecule has 0 radical (unpaired) electrons. The van der Waals surface area contributed by atoms with E-state index in [2.05, 4.69) is 29.5 Å².